The van der Waals surface area contributed by atoms with E-state index >= 15 is 0 Å². The Balaban J connectivity index is 1.93. The average molecular weight is 269 g/mol. The first kappa shape index (κ1) is 13.0. The van der Waals surface area contributed by atoms with Gasteiger partial charge in [0.05, 0.1) is 5.56 Å². The van der Waals surface area contributed by atoms with Crippen LogP contribution in [0.1, 0.15) is 53.7 Å². The average Bonchev–Trinajstić information content (AvgIpc) is 3.19. The largest absolute Gasteiger partial charge is 0.478 e. The maximum absolute atomic E-state index is 11.3. The normalized spacial score (nSPS) is 14.4. The molecule has 1 aromatic heterocycles. The minimum absolute atomic E-state index is 0.411. The molecule has 1 aromatic carbocycles. The minimum Gasteiger partial charge on any atom is -0.478 e. The molecule has 1 fully saturated rings. The van der Waals surface area contributed by atoms with E-state index in [2.05, 4.69) is 36.2 Å². The fourth-order valence-corrected chi connectivity index (χ4v) is 2.64. The van der Waals surface area contributed by atoms with Gasteiger partial charge < -0.3 is 10.1 Å². The van der Waals surface area contributed by atoms with E-state index in [1.165, 1.54) is 5.56 Å². The first-order valence-corrected chi connectivity index (χ1v) is 7.24. The molecule has 0 atom stereocenters. The van der Waals surface area contributed by atoms with Crippen LogP contribution in [0, 0.1) is 0 Å². The second-order valence-electron chi connectivity index (χ2n) is 5.54. The van der Waals surface area contributed by atoms with Gasteiger partial charge in [0.2, 0.25) is 0 Å². The summed E-state index contributed by atoms with van der Waals surface area (Å²) in [6.07, 6.45) is 4.40. The molecule has 1 heterocycles. The van der Waals surface area contributed by atoms with Crippen molar-refractivity contribution < 1.29 is 9.90 Å². The van der Waals surface area contributed by atoms with Crippen molar-refractivity contribution >= 4 is 5.97 Å². The second kappa shape index (κ2) is 5.16. The van der Waals surface area contributed by atoms with E-state index in [1.54, 1.807) is 6.07 Å². The topological polar surface area (TPSA) is 53.1 Å². The number of benzene rings is 1. The standard InChI is InChI=1S/C17H19NO2/c1-2-3-11-4-6-12(7-5-11)15-10-14(17(19)20)16(18-15)13-8-9-13/h4-7,10,13,18H,2-3,8-9H2,1H3,(H,19,20). The van der Waals surface area contributed by atoms with E-state index < -0.39 is 5.97 Å². The lowest BCUT2D eigenvalue weighted by Gasteiger charge is -2.01. The third kappa shape index (κ3) is 2.48. The number of hydrogen-bond acceptors (Lipinski definition) is 1. The summed E-state index contributed by atoms with van der Waals surface area (Å²) in [4.78, 5) is 14.6. The van der Waals surface area contributed by atoms with E-state index in [1.807, 2.05) is 0 Å². The number of carboxylic acids is 1. The Hall–Kier alpha value is -2.03. The Labute approximate surface area is 118 Å². The minimum atomic E-state index is -0.836. The van der Waals surface area contributed by atoms with Crippen LogP contribution >= 0.6 is 0 Å². The maximum atomic E-state index is 11.3. The molecule has 0 unspecified atom stereocenters. The third-order valence-electron chi connectivity index (χ3n) is 3.87. The van der Waals surface area contributed by atoms with Crippen LogP contribution in [-0.4, -0.2) is 16.1 Å². The monoisotopic (exact) mass is 269 g/mol. The molecule has 0 amide bonds. The predicted molar refractivity (Wildman–Crippen MR) is 79.2 cm³/mol. The Morgan fingerprint density at radius 3 is 2.55 bits per heavy atom. The van der Waals surface area contributed by atoms with Crippen LogP contribution in [-0.2, 0) is 6.42 Å². The molecule has 1 aliphatic rings. The zero-order chi connectivity index (χ0) is 14.1. The fourth-order valence-electron chi connectivity index (χ4n) is 2.64. The van der Waals surface area contributed by atoms with Crippen molar-refractivity contribution in [3.8, 4) is 11.3 Å². The molecule has 1 aliphatic carbocycles. The number of H-pyrrole nitrogens is 1. The van der Waals surface area contributed by atoms with Gasteiger partial charge in [-0.1, -0.05) is 37.6 Å². The van der Waals surface area contributed by atoms with Crippen LogP contribution in [0.15, 0.2) is 30.3 Å². The van der Waals surface area contributed by atoms with Gasteiger partial charge >= 0.3 is 5.97 Å². The number of carboxylic acid groups (broad SMARTS) is 1. The van der Waals surface area contributed by atoms with Crippen molar-refractivity contribution in [2.24, 2.45) is 0 Å². The van der Waals surface area contributed by atoms with Crippen molar-refractivity contribution in [3.63, 3.8) is 0 Å². The zero-order valence-corrected chi connectivity index (χ0v) is 11.6. The van der Waals surface area contributed by atoms with Crippen LogP contribution in [0.5, 0.6) is 0 Å². The Morgan fingerprint density at radius 2 is 2.00 bits per heavy atom. The zero-order valence-electron chi connectivity index (χ0n) is 11.6. The van der Waals surface area contributed by atoms with E-state index in [0.29, 0.717) is 11.5 Å². The molecular weight excluding hydrogens is 250 g/mol. The van der Waals surface area contributed by atoms with Gasteiger partial charge in [-0.2, -0.15) is 0 Å². The molecule has 2 N–H and O–H groups in total. The highest BCUT2D eigenvalue weighted by Gasteiger charge is 2.30. The SMILES string of the molecule is CCCc1ccc(-c2cc(C(=O)O)c(C3CC3)[nH]2)cc1. The van der Waals surface area contributed by atoms with Crippen LogP contribution < -0.4 is 0 Å². The van der Waals surface area contributed by atoms with Gasteiger partial charge in [-0.25, -0.2) is 4.79 Å². The molecule has 1 saturated carbocycles. The summed E-state index contributed by atoms with van der Waals surface area (Å²) in [6.45, 7) is 2.17. The van der Waals surface area contributed by atoms with E-state index in [4.69, 9.17) is 0 Å². The number of aromatic amines is 1. The number of hydrogen-bond donors (Lipinski definition) is 2. The van der Waals surface area contributed by atoms with Gasteiger partial charge in [-0.05, 0) is 42.4 Å². The van der Waals surface area contributed by atoms with Gasteiger partial charge in [0.1, 0.15) is 0 Å². The summed E-state index contributed by atoms with van der Waals surface area (Å²) in [6, 6.07) is 10.1. The summed E-state index contributed by atoms with van der Waals surface area (Å²) < 4.78 is 0. The summed E-state index contributed by atoms with van der Waals surface area (Å²) in [5.74, 6) is -0.425. The smallest absolute Gasteiger partial charge is 0.337 e. The molecule has 104 valence electrons. The number of aryl methyl sites for hydroxylation is 1. The lowest BCUT2D eigenvalue weighted by Crippen LogP contribution is -1.98. The van der Waals surface area contributed by atoms with Crippen LogP contribution in [0.4, 0.5) is 0 Å². The van der Waals surface area contributed by atoms with E-state index in [9.17, 15) is 9.90 Å². The fraction of sp³-hybridized carbons (Fsp3) is 0.353. The summed E-state index contributed by atoms with van der Waals surface area (Å²) in [7, 11) is 0. The molecule has 0 saturated heterocycles. The van der Waals surface area contributed by atoms with Crippen LogP contribution in [0.3, 0.4) is 0 Å². The molecular formula is C17H19NO2. The van der Waals surface area contributed by atoms with Gasteiger partial charge in [0.15, 0.2) is 0 Å². The molecule has 0 spiro atoms. The molecule has 3 heteroatoms. The number of carbonyl (C=O) groups is 1. The van der Waals surface area contributed by atoms with Crippen molar-refractivity contribution in [1.29, 1.82) is 0 Å². The maximum Gasteiger partial charge on any atom is 0.337 e. The summed E-state index contributed by atoms with van der Waals surface area (Å²) in [5, 5.41) is 9.30. The molecule has 3 nitrogen and oxygen atoms in total. The van der Waals surface area contributed by atoms with E-state index in [-0.39, 0.29) is 0 Å². The Kier molecular flexibility index (Phi) is 3.35. The van der Waals surface area contributed by atoms with Crippen molar-refractivity contribution in [3.05, 3.63) is 47.2 Å². The number of nitrogens with one attached hydrogen (secondary N) is 1. The number of rotatable bonds is 5. The van der Waals surface area contributed by atoms with Crippen molar-refractivity contribution in [1.82, 2.24) is 4.98 Å². The van der Waals surface area contributed by atoms with Crippen molar-refractivity contribution in [2.75, 3.05) is 0 Å². The highest BCUT2D eigenvalue weighted by atomic mass is 16.4. The molecule has 0 radical (unpaired) electrons. The number of aromatic nitrogens is 1. The van der Waals surface area contributed by atoms with Crippen LogP contribution in [0.2, 0.25) is 0 Å². The van der Waals surface area contributed by atoms with Gasteiger partial charge in [0.25, 0.3) is 0 Å². The quantitative estimate of drug-likeness (QED) is 0.854. The van der Waals surface area contributed by atoms with Crippen LogP contribution in [0.25, 0.3) is 11.3 Å². The first-order valence-electron chi connectivity index (χ1n) is 7.24. The Bertz CT molecular complexity index is 621. The molecule has 3 rings (SSSR count). The van der Waals surface area contributed by atoms with E-state index in [0.717, 1.165) is 42.6 Å². The van der Waals surface area contributed by atoms with Gasteiger partial charge in [-0.15, -0.1) is 0 Å². The van der Waals surface area contributed by atoms with Gasteiger partial charge in [0, 0.05) is 11.4 Å². The summed E-state index contributed by atoms with van der Waals surface area (Å²) in [5.41, 5.74) is 4.61. The molecule has 20 heavy (non-hydrogen) atoms. The molecule has 0 aliphatic heterocycles. The second-order valence-corrected chi connectivity index (χ2v) is 5.54. The lowest BCUT2D eigenvalue weighted by molar-refractivity contribution is 0.0696. The summed E-state index contributed by atoms with van der Waals surface area (Å²) >= 11 is 0. The molecule has 0 bridgehead atoms. The number of aromatic carboxylic acids is 1. The Morgan fingerprint density at radius 1 is 1.30 bits per heavy atom. The highest BCUT2D eigenvalue weighted by molar-refractivity contribution is 5.91. The lowest BCUT2D eigenvalue weighted by atomic mass is 10.1. The molecule has 2 aromatic rings. The first-order chi connectivity index (χ1) is 9.69. The van der Waals surface area contributed by atoms with Crippen molar-refractivity contribution in [2.45, 2.75) is 38.5 Å². The highest BCUT2D eigenvalue weighted by Crippen LogP contribution is 2.42. The van der Waals surface area contributed by atoms with Gasteiger partial charge in [-0.3, -0.25) is 0 Å². The third-order valence-corrected chi connectivity index (χ3v) is 3.87. The predicted octanol–water partition coefficient (Wildman–Crippen LogP) is 4.21.